The number of nitrogens with one attached hydrogen (secondary N) is 1. The molecule has 22 heavy (non-hydrogen) atoms. The first kappa shape index (κ1) is 14.3. The molecule has 0 aliphatic rings. The number of methoxy groups -OCH3 is 1. The molecule has 1 heterocycles. The lowest BCUT2D eigenvalue weighted by Gasteiger charge is -2.10. The van der Waals surface area contributed by atoms with Crippen LogP contribution in [0.3, 0.4) is 0 Å². The predicted octanol–water partition coefficient (Wildman–Crippen LogP) is 2.84. The highest BCUT2D eigenvalue weighted by molar-refractivity contribution is 5.59. The maximum absolute atomic E-state index is 6.28. The van der Waals surface area contributed by atoms with E-state index < -0.39 is 0 Å². The molecule has 0 saturated heterocycles. The second-order valence-electron chi connectivity index (χ2n) is 5.11. The molecule has 5 heteroatoms. The zero-order valence-electron chi connectivity index (χ0n) is 12.6. The molecule has 0 aliphatic heterocycles. The van der Waals surface area contributed by atoms with Gasteiger partial charge in [0.25, 0.3) is 0 Å². The summed E-state index contributed by atoms with van der Waals surface area (Å²) in [4.78, 5) is 4.54. The van der Waals surface area contributed by atoms with E-state index in [0.29, 0.717) is 11.6 Å². The summed E-state index contributed by atoms with van der Waals surface area (Å²) in [6.45, 7) is 2.04. The number of hydrogen-bond donors (Lipinski definition) is 2. The number of benzene rings is 2. The van der Waals surface area contributed by atoms with Crippen LogP contribution >= 0.6 is 0 Å². The second kappa shape index (κ2) is 5.99. The number of hydrogen-bond acceptors (Lipinski definition) is 4. The molecule has 3 aromatic rings. The van der Waals surface area contributed by atoms with E-state index in [1.165, 1.54) is 0 Å². The molecule has 0 amide bonds. The Hall–Kier alpha value is -2.66. The number of aromatic nitrogens is 3. The molecule has 0 spiro atoms. The van der Waals surface area contributed by atoms with Crippen LogP contribution in [0.5, 0.6) is 5.75 Å². The van der Waals surface area contributed by atoms with Crippen molar-refractivity contribution in [1.82, 2.24) is 15.2 Å². The molecule has 5 nitrogen and oxygen atoms in total. The molecule has 0 radical (unpaired) electrons. The van der Waals surface area contributed by atoms with E-state index in [2.05, 4.69) is 15.2 Å². The molecular formula is C17H18N4O. The molecule has 1 aromatic heterocycles. The predicted molar refractivity (Wildman–Crippen MR) is 85.6 cm³/mol. The van der Waals surface area contributed by atoms with Crippen molar-refractivity contribution in [1.29, 1.82) is 0 Å². The van der Waals surface area contributed by atoms with E-state index >= 15 is 0 Å². The van der Waals surface area contributed by atoms with Crippen LogP contribution in [0, 0.1) is 6.92 Å². The summed E-state index contributed by atoms with van der Waals surface area (Å²) >= 11 is 0. The van der Waals surface area contributed by atoms with Crippen LogP contribution in [0.2, 0.25) is 0 Å². The minimum absolute atomic E-state index is 0.375. The van der Waals surface area contributed by atoms with E-state index in [0.717, 1.165) is 22.4 Å². The lowest BCUT2D eigenvalue weighted by Crippen LogP contribution is -2.13. The van der Waals surface area contributed by atoms with Gasteiger partial charge in [-0.15, -0.1) is 0 Å². The Morgan fingerprint density at radius 2 is 1.95 bits per heavy atom. The van der Waals surface area contributed by atoms with Gasteiger partial charge in [0.2, 0.25) is 0 Å². The van der Waals surface area contributed by atoms with E-state index in [1.54, 1.807) is 7.11 Å². The highest BCUT2D eigenvalue weighted by Crippen LogP contribution is 2.24. The maximum Gasteiger partial charge on any atom is 0.181 e. The lowest BCUT2D eigenvalue weighted by atomic mass is 10.1. The van der Waals surface area contributed by atoms with Crippen LogP contribution in [0.25, 0.3) is 11.4 Å². The van der Waals surface area contributed by atoms with Crippen molar-refractivity contribution in [2.24, 2.45) is 5.73 Å². The molecule has 3 N–H and O–H groups in total. The summed E-state index contributed by atoms with van der Waals surface area (Å²) in [7, 11) is 1.63. The molecule has 112 valence electrons. The minimum atomic E-state index is -0.375. The number of aryl methyl sites for hydroxylation is 1. The van der Waals surface area contributed by atoms with Crippen LogP contribution in [-0.2, 0) is 0 Å². The summed E-state index contributed by atoms with van der Waals surface area (Å²) in [6.07, 6.45) is 0. The summed E-state index contributed by atoms with van der Waals surface area (Å²) in [5, 5.41) is 7.23. The maximum atomic E-state index is 6.28. The fraction of sp³-hybridized carbons (Fsp3) is 0.176. The number of rotatable bonds is 4. The molecule has 1 unspecified atom stereocenters. The Bertz CT molecular complexity index is 782. The van der Waals surface area contributed by atoms with Crippen molar-refractivity contribution in [2.75, 3.05) is 7.11 Å². The molecular weight excluding hydrogens is 276 g/mol. The van der Waals surface area contributed by atoms with Gasteiger partial charge >= 0.3 is 0 Å². The number of nitrogens with two attached hydrogens (primary N) is 1. The summed E-state index contributed by atoms with van der Waals surface area (Å²) < 4.78 is 5.23. The molecule has 1 atom stereocenters. The average Bonchev–Trinajstić information content (AvgIpc) is 3.04. The van der Waals surface area contributed by atoms with Crippen molar-refractivity contribution in [2.45, 2.75) is 13.0 Å². The first-order valence-corrected chi connectivity index (χ1v) is 7.07. The lowest BCUT2D eigenvalue weighted by molar-refractivity contribution is 0.414. The number of ether oxygens (including phenoxy) is 1. The van der Waals surface area contributed by atoms with Gasteiger partial charge in [0.15, 0.2) is 5.82 Å². The van der Waals surface area contributed by atoms with Gasteiger partial charge in [0, 0.05) is 5.56 Å². The fourth-order valence-corrected chi connectivity index (χ4v) is 2.35. The summed E-state index contributed by atoms with van der Waals surface area (Å²) in [6, 6.07) is 15.3. The first-order chi connectivity index (χ1) is 10.7. The average molecular weight is 294 g/mol. The van der Waals surface area contributed by atoms with Crippen molar-refractivity contribution in [3.05, 3.63) is 65.5 Å². The zero-order valence-corrected chi connectivity index (χ0v) is 12.6. The third-order valence-corrected chi connectivity index (χ3v) is 3.64. The normalized spacial score (nSPS) is 12.1. The van der Waals surface area contributed by atoms with Gasteiger partial charge in [-0.3, -0.25) is 5.10 Å². The van der Waals surface area contributed by atoms with Crippen molar-refractivity contribution < 1.29 is 4.74 Å². The molecule has 0 bridgehead atoms. The zero-order chi connectivity index (χ0) is 15.5. The molecule has 3 rings (SSSR count). The van der Waals surface area contributed by atoms with E-state index in [1.807, 2.05) is 55.5 Å². The van der Waals surface area contributed by atoms with E-state index in [-0.39, 0.29) is 6.04 Å². The molecule has 0 fully saturated rings. The summed E-state index contributed by atoms with van der Waals surface area (Å²) in [5.74, 6) is 2.06. The molecule has 2 aromatic carbocycles. The van der Waals surface area contributed by atoms with Crippen LogP contribution in [0.15, 0.2) is 48.5 Å². The van der Waals surface area contributed by atoms with Crippen LogP contribution in [0.4, 0.5) is 0 Å². The topological polar surface area (TPSA) is 76.8 Å². The second-order valence-corrected chi connectivity index (χ2v) is 5.11. The Kier molecular flexibility index (Phi) is 3.89. The SMILES string of the molecule is COc1cccc(C(N)c2nc(-c3ccccc3C)n[nH]2)c1. The molecule has 0 saturated carbocycles. The van der Waals surface area contributed by atoms with Gasteiger partial charge in [-0.2, -0.15) is 5.10 Å². The number of nitrogens with zero attached hydrogens (tertiary/aromatic N) is 2. The Balaban J connectivity index is 1.91. The van der Waals surface area contributed by atoms with Crippen LogP contribution in [0.1, 0.15) is 23.0 Å². The summed E-state index contributed by atoms with van der Waals surface area (Å²) in [5.41, 5.74) is 9.33. The largest absolute Gasteiger partial charge is 0.497 e. The first-order valence-electron chi connectivity index (χ1n) is 7.07. The van der Waals surface area contributed by atoms with Crippen LogP contribution in [-0.4, -0.2) is 22.3 Å². The van der Waals surface area contributed by atoms with E-state index in [4.69, 9.17) is 10.5 Å². The van der Waals surface area contributed by atoms with Gasteiger partial charge in [-0.25, -0.2) is 4.98 Å². The third-order valence-electron chi connectivity index (χ3n) is 3.64. The fourth-order valence-electron chi connectivity index (χ4n) is 2.35. The van der Waals surface area contributed by atoms with Crippen molar-refractivity contribution in [3.8, 4) is 17.1 Å². The van der Waals surface area contributed by atoms with Gasteiger partial charge in [0.1, 0.15) is 11.6 Å². The minimum Gasteiger partial charge on any atom is -0.497 e. The monoisotopic (exact) mass is 294 g/mol. The number of H-pyrrole nitrogens is 1. The highest BCUT2D eigenvalue weighted by atomic mass is 16.5. The van der Waals surface area contributed by atoms with Gasteiger partial charge < -0.3 is 10.5 Å². The molecule has 0 aliphatic carbocycles. The van der Waals surface area contributed by atoms with E-state index in [9.17, 15) is 0 Å². The smallest absolute Gasteiger partial charge is 0.181 e. The standard InChI is InChI=1S/C17H18N4O/c1-11-6-3-4-9-14(11)16-19-17(21-20-16)15(18)12-7-5-8-13(10-12)22-2/h3-10,15H,18H2,1-2H3,(H,19,20,21). The third kappa shape index (κ3) is 2.71. The Morgan fingerprint density at radius 3 is 2.73 bits per heavy atom. The number of aromatic amines is 1. The Labute approximate surface area is 129 Å². The van der Waals surface area contributed by atoms with Crippen molar-refractivity contribution in [3.63, 3.8) is 0 Å². The van der Waals surface area contributed by atoms with Gasteiger partial charge in [-0.1, -0.05) is 36.4 Å². The van der Waals surface area contributed by atoms with Gasteiger partial charge in [0.05, 0.1) is 13.2 Å². The highest BCUT2D eigenvalue weighted by Gasteiger charge is 2.16. The van der Waals surface area contributed by atoms with Crippen LogP contribution < -0.4 is 10.5 Å². The Morgan fingerprint density at radius 1 is 1.14 bits per heavy atom. The van der Waals surface area contributed by atoms with Crippen molar-refractivity contribution >= 4 is 0 Å². The quantitative estimate of drug-likeness (QED) is 0.775. The van der Waals surface area contributed by atoms with Gasteiger partial charge in [-0.05, 0) is 30.2 Å².